The number of terminal acetylenes is 1. The number of aryl methyl sites for hydroxylation is 1. The average molecular weight is 274 g/mol. The van der Waals surface area contributed by atoms with Gasteiger partial charge in [-0.05, 0) is 36.0 Å². The lowest BCUT2D eigenvalue weighted by Gasteiger charge is -2.20. The largest absolute Gasteiger partial charge is 0.481 e. The number of rotatable bonds is 7. The number of carboxylic acid groups (broad SMARTS) is 1. The Hall–Kier alpha value is -1.95. The molecule has 0 saturated heterocycles. The first kappa shape index (κ1) is 16.1. The average Bonchev–Trinajstić information content (AvgIpc) is 2.43. The molecule has 0 heterocycles. The van der Waals surface area contributed by atoms with E-state index < -0.39 is 5.97 Å². The standard InChI is InChI=1S/C17H22O3/c1-5-9-20-17-13(11-16(18)19)10-12(6-2)14(7-3)15(17)8-4/h1,10H,6-9,11H2,2-4H3,(H,18,19). The molecule has 0 radical (unpaired) electrons. The second-order valence-corrected chi connectivity index (χ2v) is 4.61. The second kappa shape index (κ2) is 7.59. The molecule has 0 unspecified atom stereocenters. The van der Waals surface area contributed by atoms with E-state index in [1.165, 1.54) is 11.1 Å². The van der Waals surface area contributed by atoms with Gasteiger partial charge in [0.05, 0.1) is 6.42 Å². The molecule has 0 aliphatic carbocycles. The lowest BCUT2D eigenvalue weighted by Crippen LogP contribution is -2.10. The van der Waals surface area contributed by atoms with E-state index >= 15 is 0 Å². The molecular formula is C17H22O3. The van der Waals surface area contributed by atoms with E-state index in [9.17, 15) is 4.79 Å². The van der Waals surface area contributed by atoms with Crippen LogP contribution in [0.1, 0.15) is 43.0 Å². The van der Waals surface area contributed by atoms with E-state index in [-0.39, 0.29) is 13.0 Å². The molecule has 0 fully saturated rings. The number of carbonyl (C=O) groups is 1. The number of aliphatic carboxylic acids is 1. The summed E-state index contributed by atoms with van der Waals surface area (Å²) >= 11 is 0. The zero-order valence-electron chi connectivity index (χ0n) is 12.5. The number of hydrogen-bond acceptors (Lipinski definition) is 2. The van der Waals surface area contributed by atoms with Crippen molar-refractivity contribution in [1.82, 2.24) is 0 Å². The summed E-state index contributed by atoms with van der Waals surface area (Å²) in [7, 11) is 0. The van der Waals surface area contributed by atoms with Crippen molar-refractivity contribution < 1.29 is 14.6 Å². The molecule has 0 aromatic heterocycles. The third-order valence-corrected chi connectivity index (χ3v) is 3.40. The molecule has 1 aromatic carbocycles. The SMILES string of the molecule is C#CCOc1c(CC(=O)O)cc(CC)c(CC)c1CC. The van der Waals surface area contributed by atoms with Gasteiger partial charge in [0.2, 0.25) is 0 Å². The number of benzene rings is 1. The van der Waals surface area contributed by atoms with E-state index in [1.54, 1.807) is 0 Å². The van der Waals surface area contributed by atoms with Gasteiger partial charge in [0.25, 0.3) is 0 Å². The van der Waals surface area contributed by atoms with Crippen molar-refractivity contribution in [1.29, 1.82) is 0 Å². The van der Waals surface area contributed by atoms with Crippen molar-refractivity contribution in [2.24, 2.45) is 0 Å². The highest BCUT2D eigenvalue weighted by molar-refractivity contribution is 5.72. The molecule has 3 nitrogen and oxygen atoms in total. The maximum atomic E-state index is 11.1. The summed E-state index contributed by atoms with van der Waals surface area (Å²) in [5, 5.41) is 9.07. The van der Waals surface area contributed by atoms with Gasteiger partial charge in [0, 0.05) is 5.56 Å². The molecular weight excluding hydrogens is 252 g/mol. The lowest BCUT2D eigenvalue weighted by molar-refractivity contribution is -0.136. The predicted molar refractivity (Wildman–Crippen MR) is 80.2 cm³/mol. The van der Waals surface area contributed by atoms with Crippen LogP contribution in [0.25, 0.3) is 0 Å². The summed E-state index contributed by atoms with van der Waals surface area (Å²) in [5.74, 6) is 2.26. The number of carboxylic acids is 1. The van der Waals surface area contributed by atoms with E-state index in [4.69, 9.17) is 16.3 Å². The fourth-order valence-corrected chi connectivity index (χ4v) is 2.61. The van der Waals surface area contributed by atoms with Crippen LogP contribution >= 0.6 is 0 Å². The molecule has 0 saturated carbocycles. The van der Waals surface area contributed by atoms with E-state index in [2.05, 4.69) is 26.7 Å². The topological polar surface area (TPSA) is 46.5 Å². The van der Waals surface area contributed by atoms with Crippen molar-refractivity contribution in [2.75, 3.05) is 6.61 Å². The van der Waals surface area contributed by atoms with Gasteiger partial charge in [-0.1, -0.05) is 32.8 Å². The molecule has 1 rings (SSSR count). The lowest BCUT2D eigenvalue weighted by atomic mass is 9.90. The molecule has 0 amide bonds. The summed E-state index contributed by atoms with van der Waals surface area (Å²) in [6.45, 7) is 6.41. The van der Waals surface area contributed by atoms with Crippen molar-refractivity contribution in [3.63, 3.8) is 0 Å². The summed E-state index contributed by atoms with van der Waals surface area (Å²) < 4.78 is 5.65. The first-order valence-corrected chi connectivity index (χ1v) is 7.03. The monoisotopic (exact) mass is 274 g/mol. The predicted octanol–water partition coefficient (Wildman–Crippen LogP) is 3.01. The molecule has 0 spiro atoms. The fourth-order valence-electron chi connectivity index (χ4n) is 2.61. The normalized spacial score (nSPS) is 10.1. The van der Waals surface area contributed by atoms with Crippen LogP contribution in [0.15, 0.2) is 6.07 Å². The van der Waals surface area contributed by atoms with Gasteiger partial charge < -0.3 is 9.84 Å². The fraction of sp³-hybridized carbons (Fsp3) is 0.471. The Bertz CT molecular complexity index is 524. The van der Waals surface area contributed by atoms with Crippen LogP contribution in [0.4, 0.5) is 0 Å². The molecule has 108 valence electrons. The van der Waals surface area contributed by atoms with Gasteiger partial charge in [-0.15, -0.1) is 6.42 Å². The first-order valence-electron chi connectivity index (χ1n) is 7.03. The Morgan fingerprint density at radius 1 is 1.20 bits per heavy atom. The summed E-state index contributed by atoms with van der Waals surface area (Å²) in [5.41, 5.74) is 4.28. The molecule has 3 heteroatoms. The van der Waals surface area contributed by atoms with Gasteiger partial charge in [-0.25, -0.2) is 0 Å². The molecule has 0 aliphatic rings. The van der Waals surface area contributed by atoms with Gasteiger partial charge in [0.15, 0.2) is 0 Å². The molecule has 0 bridgehead atoms. The van der Waals surface area contributed by atoms with Crippen LogP contribution in [0.2, 0.25) is 0 Å². The van der Waals surface area contributed by atoms with Crippen LogP contribution in [-0.4, -0.2) is 17.7 Å². The van der Waals surface area contributed by atoms with Crippen molar-refractivity contribution in [3.05, 3.63) is 28.3 Å². The number of hydrogen-bond donors (Lipinski definition) is 1. The van der Waals surface area contributed by atoms with Crippen LogP contribution in [-0.2, 0) is 30.5 Å². The number of ether oxygens (including phenoxy) is 1. The van der Waals surface area contributed by atoms with Gasteiger partial charge >= 0.3 is 5.97 Å². The van der Waals surface area contributed by atoms with E-state index in [0.29, 0.717) is 5.75 Å². The summed E-state index contributed by atoms with van der Waals surface area (Å²) in [6.07, 6.45) is 7.82. The molecule has 0 atom stereocenters. The highest BCUT2D eigenvalue weighted by Gasteiger charge is 2.18. The zero-order chi connectivity index (χ0) is 15.1. The Morgan fingerprint density at radius 2 is 1.85 bits per heavy atom. The third kappa shape index (κ3) is 3.54. The highest BCUT2D eigenvalue weighted by atomic mass is 16.5. The van der Waals surface area contributed by atoms with Crippen molar-refractivity contribution in [3.8, 4) is 18.1 Å². The molecule has 1 aromatic rings. The zero-order valence-corrected chi connectivity index (χ0v) is 12.5. The highest BCUT2D eigenvalue weighted by Crippen LogP contribution is 2.32. The maximum Gasteiger partial charge on any atom is 0.307 e. The third-order valence-electron chi connectivity index (χ3n) is 3.40. The summed E-state index contributed by atoms with van der Waals surface area (Å²) in [4.78, 5) is 11.1. The summed E-state index contributed by atoms with van der Waals surface area (Å²) in [6, 6.07) is 1.96. The van der Waals surface area contributed by atoms with Crippen LogP contribution in [0.3, 0.4) is 0 Å². The van der Waals surface area contributed by atoms with Gasteiger partial charge in [-0.2, -0.15) is 0 Å². The van der Waals surface area contributed by atoms with Crippen molar-refractivity contribution >= 4 is 5.97 Å². The molecule has 1 N–H and O–H groups in total. The Kier molecular flexibility index (Phi) is 6.11. The van der Waals surface area contributed by atoms with Crippen LogP contribution < -0.4 is 4.74 Å². The van der Waals surface area contributed by atoms with E-state index in [1.807, 2.05) is 6.07 Å². The van der Waals surface area contributed by atoms with Gasteiger partial charge in [0.1, 0.15) is 12.4 Å². The van der Waals surface area contributed by atoms with Gasteiger partial charge in [-0.3, -0.25) is 4.79 Å². The second-order valence-electron chi connectivity index (χ2n) is 4.61. The van der Waals surface area contributed by atoms with Crippen molar-refractivity contribution in [2.45, 2.75) is 46.5 Å². The first-order chi connectivity index (χ1) is 9.58. The van der Waals surface area contributed by atoms with E-state index in [0.717, 1.165) is 30.4 Å². The Morgan fingerprint density at radius 3 is 2.30 bits per heavy atom. The Balaban J connectivity index is 3.46. The van der Waals surface area contributed by atoms with Crippen LogP contribution in [0.5, 0.6) is 5.75 Å². The minimum absolute atomic E-state index is 0.0378. The van der Waals surface area contributed by atoms with Crippen LogP contribution in [0, 0.1) is 12.3 Å². The quantitative estimate of drug-likeness (QED) is 0.777. The Labute approximate surface area is 121 Å². The molecule has 20 heavy (non-hydrogen) atoms. The minimum Gasteiger partial charge on any atom is -0.481 e. The minimum atomic E-state index is -0.857. The molecule has 0 aliphatic heterocycles. The smallest absolute Gasteiger partial charge is 0.307 e. The maximum absolute atomic E-state index is 11.1.